The molecule has 1 aliphatic carbocycles. The zero-order valence-electron chi connectivity index (χ0n) is 17.5. The number of fused-ring (bicyclic) bond motifs is 2. The van der Waals surface area contributed by atoms with Crippen LogP contribution in [0.2, 0.25) is 5.02 Å². The Bertz CT molecular complexity index is 1540. The van der Waals surface area contributed by atoms with Gasteiger partial charge in [0.25, 0.3) is 0 Å². The fraction of sp³-hybridized carbons (Fsp3) is 0.217. The van der Waals surface area contributed by atoms with E-state index >= 15 is 4.39 Å². The molecule has 0 amide bonds. The third kappa shape index (κ3) is 3.59. The first kappa shape index (κ1) is 20.1. The van der Waals surface area contributed by atoms with E-state index in [2.05, 4.69) is 25.0 Å². The Hall–Kier alpha value is -3.56. The van der Waals surface area contributed by atoms with Crippen LogP contribution in [-0.4, -0.2) is 40.4 Å². The Balaban J connectivity index is 1.35. The Morgan fingerprint density at radius 2 is 1.97 bits per heavy atom. The average Bonchev–Trinajstić information content (AvgIpc) is 3.17. The van der Waals surface area contributed by atoms with Crippen LogP contribution in [-0.2, 0) is 6.54 Å². The van der Waals surface area contributed by atoms with Crippen molar-refractivity contribution in [1.82, 2.24) is 29.7 Å². The van der Waals surface area contributed by atoms with Crippen molar-refractivity contribution in [2.45, 2.75) is 31.9 Å². The molecule has 1 aliphatic rings. The van der Waals surface area contributed by atoms with Crippen molar-refractivity contribution in [3.8, 4) is 22.8 Å². The summed E-state index contributed by atoms with van der Waals surface area (Å²) in [4.78, 5) is 16.3. The van der Waals surface area contributed by atoms with Gasteiger partial charge in [-0.1, -0.05) is 11.6 Å². The minimum absolute atomic E-state index is 0.0193. The van der Waals surface area contributed by atoms with Gasteiger partial charge in [-0.15, -0.1) is 0 Å². The smallest absolute Gasteiger partial charge is 0.193 e. The lowest BCUT2D eigenvalue weighted by atomic mass is 10.2. The number of aliphatic hydroxyl groups is 1. The SMILES string of the molecule is Cc1nc2c(Cl)c(Oc3ccc4ncc(-c5cnn(CC6(O)CC6)c5)nc4c3F)ccc2[nH]1. The van der Waals surface area contributed by atoms with Gasteiger partial charge in [-0.3, -0.25) is 9.67 Å². The van der Waals surface area contributed by atoms with Gasteiger partial charge in [-0.05, 0) is 44.0 Å². The van der Waals surface area contributed by atoms with Gasteiger partial charge in [0.05, 0.1) is 41.3 Å². The topological polar surface area (TPSA) is 102 Å². The summed E-state index contributed by atoms with van der Waals surface area (Å²) in [6.07, 6.45) is 6.50. The molecule has 0 unspecified atom stereocenters. The van der Waals surface area contributed by atoms with Crippen LogP contribution in [0.5, 0.6) is 11.5 Å². The second kappa shape index (κ2) is 7.23. The van der Waals surface area contributed by atoms with Gasteiger partial charge >= 0.3 is 0 Å². The van der Waals surface area contributed by atoms with Crippen molar-refractivity contribution < 1.29 is 14.2 Å². The van der Waals surface area contributed by atoms with Crippen molar-refractivity contribution in [3.63, 3.8) is 0 Å². The van der Waals surface area contributed by atoms with Gasteiger partial charge in [-0.2, -0.15) is 5.10 Å². The first-order chi connectivity index (χ1) is 15.9. The van der Waals surface area contributed by atoms with Crippen LogP contribution in [0.4, 0.5) is 4.39 Å². The highest BCUT2D eigenvalue weighted by atomic mass is 35.5. The third-order valence-corrected chi connectivity index (χ3v) is 6.09. The number of ether oxygens (including phenoxy) is 1. The van der Waals surface area contributed by atoms with Gasteiger partial charge in [0.1, 0.15) is 27.6 Å². The second-order valence-electron chi connectivity index (χ2n) is 8.35. The lowest BCUT2D eigenvalue weighted by molar-refractivity contribution is 0.125. The van der Waals surface area contributed by atoms with Crippen molar-refractivity contribution in [2.24, 2.45) is 0 Å². The third-order valence-electron chi connectivity index (χ3n) is 5.73. The van der Waals surface area contributed by atoms with E-state index in [0.717, 1.165) is 24.2 Å². The fourth-order valence-corrected chi connectivity index (χ4v) is 4.02. The molecule has 10 heteroatoms. The van der Waals surface area contributed by atoms with Crippen molar-refractivity contribution in [2.75, 3.05) is 0 Å². The van der Waals surface area contributed by atoms with E-state index in [1.54, 1.807) is 41.5 Å². The van der Waals surface area contributed by atoms with Gasteiger partial charge in [0, 0.05) is 11.8 Å². The van der Waals surface area contributed by atoms with E-state index < -0.39 is 11.4 Å². The number of benzene rings is 2. The van der Waals surface area contributed by atoms with Crippen LogP contribution in [0, 0.1) is 12.7 Å². The molecule has 6 rings (SSSR count). The van der Waals surface area contributed by atoms with Crippen molar-refractivity contribution in [3.05, 3.63) is 59.5 Å². The van der Waals surface area contributed by atoms with E-state index in [4.69, 9.17) is 16.3 Å². The highest BCUT2D eigenvalue weighted by Gasteiger charge is 2.40. The number of aromatic amines is 1. The van der Waals surface area contributed by atoms with E-state index in [1.807, 2.05) is 6.92 Å². The van der Waals surface area contributed by atoms with Crippen LogP contribution < -0.4 is 4.74 Å². The quantitative estimate of drug-likeness (QED) is 0.388. The molecule has 166 valence electrons. The molecule has 0 aliphatic heterocycles. The highest BCUT2D eigenvalue weighted by Crippen LogP contribution is 2.38. The molecule has 8 nitrogen and oxygen atoms in total. The summed E-state index contributed by atoms with van der Waals surface area (Å²) in [5.41, 5.74) is 2.28. The molecule has 0 saturated heterocycles. The molecular formula is C23H18ClFN6O2. The predicted octanol–water partition coefficient (Wildman–Crippen LogP) is 4.79. The summed E-state index contributed by atoms with van der Waals surface area (Å²) < 4.78 is 22.9. The number of hydrogen-bond acceptors (Lipinski definition) is 6. The fourth-order valence-electron chi connectivity index (χ4n) is 3.77. The molecule has 0 bridgehead atoms. The zero-order valence-corrected chi connectivity index (χ0v) is 18.3. The maximum absolute atomic E-state index is 15.4. The number of nitrogens with zero attached hydrogens (tertiary/aromatic N) is 5. The number of nitrogens with one attached hydrogen (secondary N) is 1. The minimum atomic E-state index is -0.671. The van der Waals surface area contributed by atoms with Gasteiger partial charge in [-0.25, -0.2) is 14.4 Å². The first-order valence-electron chi connectivity index (χ1n) is 10.4. The highest BCUT2D eigenvalue weighted by molar-refractivity contribution is 6.36. The van der Waals surface area contributed by atoms with Gasteiger partial charge in [0.2, 0.25) is 0 Å². The summed E-state index contributed by atoms with van der Waals surface area (Å²) in [6.45, 7) is 2.24. The number of aryl methyl sites for hydroxylation is 1. The van der Waals surface area contributed by atoms with Crippen LogP contribution in [0.15, 0.2) is 42.9 Å². The molecule has 33 heavy (non-hydrogen) atoms. The summed E-state index contributed by atoms with van der Waals surface area (Å²) in [5, 5.41) is 14.7. The van der Waals surface area contributed by atoms with Crippen LogP contribution in [0.1, 0.15) is 18.7 Å². The monoisotopic (exact) mass is 464 g/mol. The van der Waals surface area contributed by atoms with E-state index in [0.29, 0.717) is 33.9 Å². The zero-order chi connectivity index (χ0) is 22.7. The van der Waals surface area contributed by atoms with Crippen molar-refractivity contribution >= 4 is 33.7 Å². The number of hydrogen-bond donors (Lipinski definition) is 2. The lowest BCUT2D eigenvalue weighted by Crippen LogP contribution is -2.16. The number of imidazole rings is 1. The molecule has 1 fully saturated rings. The normalized spacial score (nSPS) is 14.8. The second-order valence-corrected chi connectivity index (χ2v) is 8.73. The first-order valence-corrected chi connectivity index (χ1v) is 10.8. The summed E-state index contributed by atoms with van der Waals surface area (Å²) in [6, 6.07) is 6.58. The number of H-pyrrole nitrogens is 1. The predicted molar refractivity (Wildman–Crippen MR) is 121 cm³/mol. The molecule has 3 heterocycles. The standard InChI is InChI=1S/C23H18ClFN6O2/c1-12-28-15-3-4-17(19(24)21(15)29-12)33-18-5-2-14-22(20(18)25)30-16(9-26-14)13-8-27-31(10-13)11-23(32)6-7-23/h2-5,8-10,32H,6-7,11H2,1H3,(H,28,29). The maximum Gasteiger partial charge on any atom is 0.193 e. The Kier molecular flexibility index (Phi) is 4.40. The summed E-state index contributed by atoms with van der Waals surface area (Å²) in [7, 11) is 0. The largest absolute Gasteiger partial charge is 0.453 e. The van der Waals surface area contributed by atoms with Crippen molar-refractivity contribution in [1.29, 1.82) is 0 Å². The van der Waals surface area contributed by atoms with Crippen LogP contribution in [0.3, 0.4) is 0 Å². The van der Waals surface area contributed by atoms with Gasteiger partial charge < -0.3 is 14.8 Å². The summed E-state index contributed by atoms with van der Waals surface area (Å²) >= 11 is 6.45. The molecule has 2 N–H and O–H groups in total. The minimum Gasteiger partial charge on any atom is -0.453 e. The maximum atomic E-state index is 15.4. The Morgan fingerprint density at radius 1 is 1.15 bits per heavy atom. The number of aromatic nitrogens is 6. The Morgan fingerprint density at radius 3 is 2.79 bits per heavy atom. The van der Waals surface area contributed by atoms with E-state index in [9.17, 15) is 5.11 Å². The summed E-state index contributed by atoms with van der Waals surface area (Å²) in [5.74, 6) is 0.348. The van der Waals surface area contributed by atoms with Crippen LogP contribution >= 0.6 is 11.6 Å². The molecule has 3 aromatic heterocycles. The van der Waals surface area contributed by atoms with E-state index in [1.165, 1.54) is 6.07 Å². The molecule has 1 saturated carbocycles. The molecule has 0 radical (unpaired) electrons. The van der Waals surface area contributed by atoms with E-state index in [-0.39, 0.29) is 17.0 Å². The lowest BCUT2D eigenvalue weighted by Gasteiger charge is -2.10. The molecular weight excluding hydrogens is 447 g/mol. The molecule has 0 spiro atoms. The van der Waals surface area contributed by atoms with Gasteiger partial charge in [0.15, 0.2) is 11.6 Å². The average molecular weight is 465 g/mol. The molecule has 2 aromatic carbocycles. The number of rotatable bonds is 5. The molecule has 0 atom stereocenters. The number of halogens is 2. The van der Waals surface area contributed by atoms with Crippen LogP contribution in [0.25, 0.3) is 33.3 Å². The molecule has 5 aromatic rings. The Labute approximate surface area is 192 Å².